The van der Waals surface area contributed by atoms with Crippen LogP contribution in [0.25, 0.3) is 21.7 Å². The summed E-state index contributed by atoms with van der Waals surface area (Å²) in [6.45, 7) is 4.20. The Labute approximate surface area is 110 Å². The van der Waals surface area contributed by atoms with Crippen LogP contribution in [0.4, 0.5) is 0 Å². The smallest absolute Gasteiger partial charge is 0.143 e. The third kappa shape index (κ3) is 2.69. The molecular weight excluding hydrogens is 244 g/mol. The lowest BCUT2D eigenvalue weighted by atomic mass is 10.0. The topological polar surface area (TPSA) is 84.0 Å². The standard InChI is InChI=1S/C13H14N4O2/c1-8-4-11(13(18-3)5-9(8)2)12-6-10(19-16-12)7-15-17-14/h4-6H,7H2,1-3H3. The van der Waals surface area contributed by atoms with Gasteiger partial charge in [0.1, 0.15) is 17.2 Å². The van der Waals surface area contributed by atoms with Crippen LogP contribution in [0.2, 0.25) is 0 Å². The highest BCUT2D eigenvalue weighted by atomic mass is 16.5. The molecule has 0 N–H and O–H groups in total. The fourth-order valence-electron chi connectivity index (χ4n) is 1.77. The molecule has 98 valence electrons. The predicted octanol–water partition coefficient (Wildman–Crippen LogP) is 3.78. The Morgan fingerprint density at radius 1 is 1.32 bits per heavy atom. The van der Waals surface area contributed by atoms with E-state index in [0.717, 1.165) is 22.4 Å². The van der Waals surface area contributed by atoms with Crippen LogP contribution in [0, 0.1) is 13.8 Å². The SMILES string of the molecule is COc1cc(C)c(C)cc1-c1cc(CN=[N+]=[N-])on1. The van der Waals surface area contributed by atoms with E-state index in [1.54, 1.807) is 13.2 Å². The largest absolute Gasteiger partial charge is 0.496 e. The molecule has 0 unspecified atom stereocenters. The molecule has 0 aliphatic rings. The van der Waals surface area contributed by atoms with Gasteiger partial charge in [-0.1, -0.05) is 10.3 Å². The van der Waals surface area contributed by atoms with Crippen LogP contribution in [0.1, 0.15) is 16.9 Å². The number of hydrogen-bond acceptors (Lipinski definition) is 4. The third-order valence-electron chi connectivity index (χ3n) is 2.94. The molecule has 0 bridgehead atoms. The van der Waals surface area contributed by atoms with Crippen molar-refractivity contribution in [2.75, 3.05) is 7.11 Å². The summed E-state index contributed by atoms with van der Waals surface area (Å²) in [6, 6.07) is 5.72. The first-order valence-corrected chi connectivity index (χ1v) is 5.77. The van der Waals surface area contributed by atoms with Gasteiger partial charge < -0.3 is 9.26 Å². The molecule has 0 fully saturated rings. The van der Waals surface area contributed by atoms with E-state index in [1.807, 2.05) is 26.0 Å². The Balaban J connectivity index is 2.43. The zero-order chi connectivity index (χ0) is 13.8. The first kappa shape index (κ1) is 13.0. The molecule has 2 rings (SSSR count). The minimum Gasteiger partial charge on any atom is -0.496 e. The molecule has 0 aliphatic heterocycles. The van der Waals surface area contributed by atoms with Crippen LogP contribution in [-0.2, 0) is 6.54 Å². The molecule has 0 aliphatic carbocycles. The number of benzene rings is 1. The monoisotopic (exact) mass is 258 g/mol. The summed E-state index contributed by atoms with van der Waals surface area (Å²) < 4.78 is 10.5. The first-order chi connectivity index (χ1) is 9.15. The second-order valence-electron chi connectivity index (χ2n) is 4.20. The van der Waals surface area contributed by atoms with Crippen molar-refractivity contribution in [3.8, 4) is 17.0 Å². The summed E-state index contributed by atoms with van der Waals surface area (Å²) in [7, 11) is 1.62. The van der Waals surface area contributed by atoms with Crippen molar-refractivity contribution in [1.29, 1.82) is 0 Å². The maximum atomic E-state index is 8.28. The van der Waals surface area contributed by atoms with Crippen molar-refractivity contribution in [3.05, 3.63) is 45.5 Å². The van der Waals surface area contributed by atoms with Gasteiger partial charge in [-0.25, -0.2) is 0 Å². The van der Waals surface area contributed by atoms with Crippen molar-refractivity contribution >= 4 is 0 Å². The van der Waals surface area contributed by atoms with Crippen molar-refractivity contribution in [3.63, 3.8) is 0 Å². The van der Waals surface area contributed by atoms with Crippen LogP contribution in [0.15, 0.2) is 27.8 Å². The lowest BCUT2D eigenvalue weighted by Crippen LogP contribution is -1.91. The van der Waals surface area contributed by atoms with Crippen LogP contribution < -0.4 is 4.74 Å². The lowest BCUT2D eigenvalue weighted by molar-refractivity contribution is 0.385. The Hall–Kier alpha value is -2.46. The molecule has 0 saturated heterocycles. The molecule has 0 atom stereocenters. The van der Waals surface area contributed by atoms with Gasteiger partial charge in [0.2, 0.25) is 0 Å². The highest BCUT2D eigenvalue weighted by Crippen LogP contribution is 2.32. The van der Waals surface area contributed by atoms with Crippen molar-refractivity contribution in [1.82, 2.24) is 5.16 Å². The molecule has 0 radical (unpaired) electrons. The second kappa shape index (κ2) is 5.46. The van der Waals surface area contributed by atoms with Crippen LogP contribution >= 0.6 is 0 Å². The van der Waals surface area contributed by atoms with E-state index in [1.165, 1.54) is 0 Å². The van der Waals surface area contributed by atoms with Gasteiger partial charge in [0, 0.05) is 16.5 Å². The summed E-state index contributed by atoms with van der Waals surface area (Å²) >= 11 is 0. The number of hydrogen-bond donors (Lipinski definition) is 0. The van der Waals surface area contributed by atoms with Gasteiger partial charge in [-0.05, 0) is 42.6 Å². The van der Waals surface area contributed by atoms with Crippen molar-refractivity contribution in [2.45, 2.75) is 20.4 Å². The average molecular weight is 258 g/mol. The van der Waals surface area contributed by atoms with Crippen molar-refractivity contribution < 1.29 is 9.26 Å². The number of methoxy groups -OCH3 is 1. The molecule has 1 aromatic heterocycles. The summed E-state index contributed by atoms with van der Waals surface area (Å²) in [5.74, 6) is 1.26. The zero-order valence-corrected chi connectivity index (χ0v) is 11.0. The molecule has 1 heterocycles. The molecule has 2 aromatic rings. The summed E-state index contributed by atoms with van der Waals surface area (Å²) in [6.07, 6.45) is 0. The highest BCUT2D eigenvalue weighted by Gasteiger charge is 2.12. The number of ether oxygens (including phenoxy) is 1. The number of nitrogens with zero attached hydrogens (tertiary/aromatic N) is 4. The molecule has 0 amide bonds. The average Bonchev–Trinajstić information content (AvgIpc) is 2.87. The minimum atomic E-state index is 0.149. The Kier molecular flexibility index (Phi) is 3.73. The van der Waals surface area contributed by atoms with Gasteiger partial charge >= 0.3 is 0 Å². The molecule has 19 heavy (non-hydrogen) atoms. The van der Waals surface area contributed by atoms with E-state index in [0.29, 0.717) is 11.5 Å². The fraction of sp³-hybridized carbons (Fsp3) is 0.308. The van der Waals surface area contributed by atoms with Gasteiger partial charge in [-0.3, -0.25) is 0 Å². The number of azide groups is 1. The van der Waals surface area contributed by atoms with Gasteiger partial charge in [-0.2, -0.15) is 0 Å². The first-order valence-electron chi connectivity index (χ1n) is 5.77. The van der Waals surface area contributed by atoms with Gasteiger partial charge in [-0.15, -0.1) is 0 Å². The Bertz CT molecular complexity index is 642. The Morgan fingerprint density at radius 3 is 2.74 bits per heavy atom. The molecule has 1 aromatic carbocycles. The number of aromatic nitrogens is 1. The number of rotatable bonds is 4. The lowest BCUT2D eigenvalue weighted by Gasteiger charge is -2.09. The normalized spacial score (nSPS) is 10.1. The summed E-state index contributed by atoms with van der Waals surface area (Å²) in [5, 5.41) is 7.42. The van der Waals surface area contributed by atoms with Gasteiger partial charge in [0.05, 0.1) is 13.7 Å². The summed E-state index contributed by atoms with van der Waals surface area (Å²) in [5.41, 5.74) is 12.1. The van der Waals surface area contributed by atoms with Gasteiger partial charge in [0.15, 0.2) is 0 Å². The van der Waals surface area contributed by atoms with E-state index < -0.39 is 0 Å². The van der Waals surface area contributed by atoms with E-state index in [-0.39, 0.29) is 6.54 Å². The molecular formula is C13H14N4O2. The highest BCUT2D eigenvalue weighted by molar-refractivity contribution is 5.69. The van der Waals surface area contributed by atoms with Crippen LogP contribution in [-0.4, -0.2) is 12.3 Å². The maximum Gasteiger partial charge on any atom is 0.143 e. The van der Waals surface area contributed by atoms with Crippen LogP contribution in [0.3, 0.4) is 0 Å². The van der Waals surface area contributed by atoms with E-state index in [4.69, 9.17) is 14.8 Å². The fourth-order valence-corrected chi connectivity index (χ4v) is 1.77. The van der Waals surface area contributed by atoms with Crippen LogP contribution in [0.5, 0.6) is 5.75 Å². The predicted molar refractivity (Wildman–Crippen MR) is 70.8 cm³/mol. The quantitative estimate of drug-likeness (QED) is 0.475. The molecule has 0 saturated carbocycles. The molecule has 0 spiro atoms. The second-order valence-corrected chi connectivity index (χ2v) is 4.20. The third-order valence-corrected chi connectivity index (χ3v) is 2.94. The molecule has 6 nitrogen and oxygen atoms in total. The number of aryl methyl sites for hydroxylation is 2. The summed E-state index contributed by atoms with van der Waals surface area (Å²) in [4.78, 5) is 2.68. The van der Waals surface area contributed by atoms with Gasteiger partial charge in [0.25, 0.3) is 0 Å². The van der Waals surface area contributed by atoms with Crippen molar-refractivity contribution in [2.24, 2.45) is 5.11 Å². The van der Waals surface area contributed by atoms with E-state index >= 15 is 0 Å². The Morgan fingerprint density at radius 2 is 2.05 bits per heavy atom. The van der Waals surface area contributed by atoms with E-state index in [9.17, 15) is 0 Å². The zero-order valence-electron chi connectivity index (χ0n) is 11.0. The van der Waals surface area contributed by atoms with E-state index in [2.05, 4.69) is 15.2 Å². The molecule has 6 heteroatoms. The maximum absolute atomic E-state index is 8.28. The minimum absolute atomic E-state index is 0.149.